The summed E-state index contributed by atoms with van der Waals surface area (Å²) in [5.41, 5.74) is 9.66. The van der Waals surface area contributed by atoms with Gasteiger partial charge in [-0.15, -0.1) is 0 Å². The number of benzene rings is 3. The van der Waals surface area contributed by atoms with Crippen LogP contribution in [-0.2, 0) is 20.9 Å². The molecule has 0 spiro atoms. The molecule has 0 bridgehead atoms. The number of para-hydroxylation sites is 1. The van der Waals surface area contributed by atoms with Crippen molar-refractivity contribution >= 4 is 23.7 Å². The molecular formula is C27H29N3O5. The second kappa shape index (κ2) is 12.9. The molecule has 0 heterocycles. The number of alkyl carbamates (subject to hydrolysis) is 1. The molecule has 0 radical (unpaired) electrons. The summed E-state index contributed by atoms with van der Waals surface area (Å²) in [6, 6.07) is 22.9. The van der Waals surface area contributed by atoms with E-state index in [-0.39, 0.29) is 12.5 Å². The molecule has 3 aromatic carbocycles. The van der Waals surface area contributed by atoms with Crippen LogP contribution in [0.1, 0.15) is 28.8 Å². The smallest absolute Gasteiger partial charge is 0.407 e. The topological polar surface area (TPSA) is 120 Å². The van der Waals surface area contributed by atoms with Crippen LogP contribution in [0.5, 0.6) is 0 Å². The standard InChI is InChI=1S/C27H29N3O5/c1-34-26(32)21-15-13-20(14-16-21)22-10-5-6-12-24(22)30-25(31)23(28)11-7-17-29-27(33)35-18-19-8-3-2-4-9-19/h2-6,8-10,12-16,23H,7,11,17-18,28H2,1H3,(H,29,33)(H,30,31)/t23-/m0/s1. The Kier molecular flexibility index (Phi) is 9.39. The monoisotopic (exact) mass is 475 g/mol. The molecular weight excluding hydrogens is 446 g/mol. The maximum absolute atomic E-state index is 12.7. The Balaban J connectivity index is 1.46. The summed E-state index contributed by atoms with van der Waals surface area (Å²) in [7, 11) is 1.33. The number of methoxy groups -OCH3 is 1. The van der Waals surface area contributed by atoms with Gasteiger partial charge < -0.3 is 25.8 Å². The van der Waals surface area contributed by atoms with Gasteiger partial charge in [0.2, 0.25) is 5.91 Å². The Morgan fingerprint density at radius 1 is 0.914 bits per heavy atom. The molecule has 1 atom stereocenters. The zero-order valence-corrected chi connectivity index (χ0v) is 19.5. The number of amides is 2. The number of nitrogens with one attached hydrogen (secondary N) is 2. The molecule has 2 amide bonds. The fraction of sp³-hybridized carbons (Fsp3) is 0.222. The SMILES string of the molecule is COC(=O)c1ccc(-c2ccccc2NC(=O)[C@@H](N)CCCNC(=O)OCc2ccccc2)cc1. The first-order valence-corrected chi connectivity index (χ1v) is 11.3. The van der Waals surface area contributed by atoms with Crippen molar-refractivity contribution in [2.45, 2.75) is 25.5 Å². The highest BCUT2D eigenvalue weighted by Crippen LogP contribution is 2.28. The van der Waals surface area contributed by atoms with Crippen molar-refractivity contribution in [3.05, 3.63) is 90.0 Å². The van der Waals surface area contributed by atoms with E-state index in [1.165, 1.54) is 7.11 Å². The maximum Gasteiger partial charge on any atom is 0.407 e. The average Bonchev–Trinajstić information content (AvgIpc) is 2.90. The van der Waals surface area contributed by atoms with Crippen molar-refractivity contribution in [2.24, 2.45) is 5.73 Å². The van der Waals surface area contributed by atoms with Crippen molar-refractivity contribution in [2.75, 3.05) is 19.0 Å². The van der Waals surface area contributed by atoms with E-state index in [0.29, 0.717) is 30.6 Å². The summed E-state index contributed by atoms with van der Waals surface area (Å²) < 4.78 is 9.89. The van der Waals surface area contributed by atoms with Crippen molar-refractivity contribution in [3.63, 3.8) is 0 Å². The van der Waals surface area contributed by atoms with Crippen LogP contribution in [0.2, 0.25) is 0 Å². The van der Waals surface area contributed by atoms with Crippen LogP contribution in [0.3, 0.4) is 0 Å². The van der Waals surface area contributed by atoms with Crippen molar-refractivity contribution in [3.8, 4) is 11.1 Å². The molecule has 8 nitrogen and oxygen atoms in total. The second-order valence-electron chi connectivity index (χ2n) is 7.84. The molecule has 182 valence electrons. The Bertz CT molecular complexity index is 1130. The number of esters is 1. The molecule has 35 heavy (non-hydrogen) atoms. The first-order chi connectivity index (χ1) is 17.0. The quantitative estimate of drug-likeness (QED) is 0.300. The van der Waals surface area contributed by atoms with E-state index < -0.39 is 18.1 Å². The zero-order valence-electron chi connectivity index (χ0n) is 19.5. The van der Waals surface area contributed by atoms with Gasteiger partial charge in [-0.2, -0.15) is 0 Å². The van der Waals surface area contributed by atoms with Gasteiger partial charge in [-0.25, -0.2) is 9.59 Å². The minimum absolute atomic E-state index is 0.194. The number of carbonyl (C=O) groups excluding carboxylic acids is 3. The van der Waals surface area contributed by atoms with Gasteiger partial charge in [-0.1, -0.05) is 60.7 Å². The molecule has 0 saturated heterocycles. The minimum Gasteiger partial charge on any atom is -0.465 e. The number of ether oxygens (including phenoxy) is 2. The second-order valence-corrected chi connectivity index (χ2v) is 7.84. The molecule has 0 aliphatic carbocycles. The highest BCUT2D eigenvalue weighted by molar-refractivity contribution is 5.98. The Morgan fingerprint density at radius 3 is 2.31 bits per heavy atom. The van der Waals surface area contributed by atoms with Crippen LogP contribution in [0, 0.1) is 0 Å². The summed E-state index contributed by atoms with van der Waals surface area (Å²) in [4.78, 5) is 36.1. The van der Waals surface area contributed by atoms with Gasteiger partial charge in [0, 0.05) is 17.8 Å². The molecule has 0 fully saturated rings. The largest absolute Gasteiger partial charge is 0.465 e. The van der Waals surface area contributed by atoms with E-state index in [9.17, 15) is 14.4 Å². The zero-order chi connectivity index (χ0) is 25.0. The first kappa shape index (κ1) is 25.5. The predicted octanol–water partition coefficient (Wildman–Crippen LogP) is 4.11. The van der Waals surface area contributed by atoms with E-state index in [2.05, 4.69) is 10.6 Å². The van der Waals surface area contributed by atoms with Crippen LogP contribution in [0.15, 0.2) is 78.9 Å². The summed E-state index contributed by atoms with van der Waals surface area (Å²) in [6.07, 6.45) is 0.394. The highest BCUT2D eigenvalue weighted by Gasteiger charge is 2.16. The van der Waals surface area contributed by atoms with Gasteiger partial charge in [0.05, 0.1) is 18.7 Å². The van der Waals surface area contributed by atoms with E-state index >= 15 is 0 Å². The minimum atomic E-state index is -0.744. The van der Waals surface area contributed by atoms with Crippen LogP contribution in [0.4, 0.5) is 10.5 Å². The van der Waals surface area contributed by atoms with Crippen molar-refractivity contribution in [1.82, 2.24) is 5.32 Å². The lowest BCUT2D eigenvalue weighted by Gasteiger charge is -2.15. The first-order valence-electron chi connectivity index (χ1n) is 11.3. The van der Waals surface area contributed by atoms with Crippen LogP contribution < -0.4 is 16.4 Å². The van der Waals surface area contributed by atoms with Crippen molar-refractivity contribution in [1.29, 1.82) is 0 Å². The summed E-state index contributed by atoms with van der Waals surface area (Å²) in [6.45, 7) is 0.539. The molecule has 0 aliphatic heterocycles. The number of hydrogen-bond donors (Lipinski definition) is 3. The molecule has 3 rings (SSSR count). The van der Waals surface area contributed by atoms with E-state index in [1.54, 1.807) is 30.3 Å². The van der Waals surface area contributed by atoms with Crippen molar-refractivity contribution < 1.29 is 23.9 Å². The lowest BCUT2D eigenvalue weighted by atomic mass is 10.0. The van der Waals surface area contributed by atoms with E-state index in [0.717, 1.165) is 16.7 Å². The maximum atomic E-state index is 12.7. The molecule has 8 heteroatoms. The highest BCUT2D eigenvalue weighted by atomic mass is 16.5. The number of anilines is 1. The van der Waals surface area contributed by atoms with Crippen LogP contribution in [0.25, 0.3) is 11.1 Å². The Morgan fingerprint density at radius 2 is 1.60 bits per heavy atom. The molecule has 4 N–H and O–H groups in total. The third-order valence-electron chi connectivity index (χ3n) is 5.31. The summed E-state index contributed by atoms with van der Waals surface area (Å²) in [5, 5.41) is 5.54. The summed E-state index contributed by atoms with van der Waals surface area (Å²) in [5.74, 6) is -0.738. The fourth-order valence-electron chi connectivity index (χ4n) is 3.39. The van der Waals surface area contributed by atoms with Gasteiger partial charge in [0.15, 0.2) is 0 Å². The predicted molar refractivity (Wildman–Crippen MR) is 134 cm³/mol. The molecule has 0 aliphatic rings. The van der Waals surface area contributed by atoms with Gasteiger partial charge in [0.25, 0.3) is 0 Å². The third kappa shape index (κ3) is 7.68. The van der Waals surface area contributed by atoms with Gasteiger partial charge in [-0.3, -0.25) is 4.79 Å². The lowest BCUT2D eigenvalue weighted by Crippen LogP contribution is -2.36. The number of nitrogens with two attached hydrogens (primary N) is 1. The molecule has 0 aromatic heterocycles. The van der Waals surface area contributed by atoms with E-state index in [4.69, 9.17) is 15.2 Å². The lowest BCUT2D eigenvalue weighted by molar-refractivity contribution is -0.117. The summed E-state index contributed by atoms with van der Waals surface area (Å²) >= 11 is 0. The average molecular weight is 476 g/mol. The number of hydrogen-bond acceptors (Lipinski definition) is 6. The van der Waals surface area contributed by atoms with Crippen LogP contribution >= 0.6 is 0 Å². The Labute approximate surface area is 204 Å². The van der Waals surface area contributed by atoms with Gasteiger partial charge in [-0.05, 0) is 42.2 Å². The molecule has 3 aromatic rings. The van der Waals surface area contributed by atoms with E-state index in [1.807, 2.05) is 48.5 Å². The fourth-order valence-corrected chi connectivity index (χ4v) is 3.39. The van der Waals surface area contributed by atoms with Gasteiger partial charge in [0.1, 0.15) is 6.61 Å². The van der Waals surface area contributed by atoms with Crippen LogP contribution in [-0.4, -0.2) is 37.7 Å². The molecule has 0 saturated carbocycles. The normalized spacial score (nSPS) is 11.3. The number of rotatable bonds is 10. The molecule has 0 unspecified atom stereocenters. The number of carbonyl (C=O) groups is 3. The Hall–Kier alpha value is -4.17. The third-order valence-corrected chi connectivity index (χ3v) is 5.31. The van der Waals surface area contributed by atoms with Gasteiger partial charge >= 0.3 is 12.1 Å².